The molecule has 0 radical (unpaired) electrons. The molecule has 1 atom stereocenters. The Hall–Kier alpha value is -2.29. The molecule has 2 aliphatic rings. The molecule has 0 bridgehead atoms. The van der Waals surface area contributed by atoms with Crippen molar-refractivity contribution in [3.05, 3.63) is 53.1 Å². The van der Waals surface area contributed by atoms with Gasteiger partial charge in [-0.05, 0) is 31.9 Å². The van der Waals surface area contributed by atoms with Gasteiger partial charge in [0.25, 0.3) is 0 Å². The van der Waals surface area contributed by atoms with Crippen molar-refractivity contribution in [1.82, 2.24) is 24.2 Å². The summed E-state index contributed by atoms with van der Waals surface area (Å²) < 4.78 is 8.50. The summed E-state index contributed by atoms with van der Waals surface area (Å²) in [5, 5.41) is 2.06. The predicted octanol–water partition coefficient (Wildman–Crippen LogP) is 3.66. The summed E-state index contributed by atoms with van der Waals surface area (Å²) in [6.45, 7) is 5.02. The van der Waals surface area contributed by atoms with E-state index in [9.17, 15) is 4.79 Å². The van der Waals surface area contributed by atoms with E-state index < -0.39 is 0 Å². The number of aryl methyl sites for hydroxylation is 1. The number of carbonyl (C=O) groups excluding carboxylic acids is 1. The number of thiazole rings is 1. The van der Waals surface area contributed by atoms with Gasteiger partial charge in [-0.2, -0.15) is 0 Å². The molecule has 2 fully saturated rings. The minimum atomic E-state index is -0.0448. The molecule has 32 heavy (non-hydrogen) atoms. The van der Waals surface area contributed by atoms with Gasteiger partial charge in [-0.3, -0.25) is 19.1 Å². The third-order valence-corrected chi connectivity index (χ3v) is 7.44. The lowest BCUT2D eigenvalue weighted by Gasteiger charge is -2.35. The Morgan fingerprint density at radius 1 is 1.19 bits per heavy atom. The van der Waals surface area contributed by atoms with Crippen LogP contribution < -0.4 is 0 Å². The number of hydrogen-bond acceptors (Lipinski definition) is 6. The second-order valence-electron chi connectivity index (χ2n) is 8.96. The van der Waals surface area contributed by atoms with Crippen LogP contribution in [-0.4, -0.2) is 61.9 Å². The van der Waals surface area contributed by atoms with Gasteiger partial charge in [0.15, 0.2) is 4.96 Å². The molecule has 3 aromatic heterocycles. The Morgan fingerprint density at radius 2 is 2.06 bits per heavy atom. The van der Waals surface area contributed by atoms with Crippen LogP contribution in [0, 0.1) is 6.92 Å². The van der Waals surface area contributed by atoms with Crippen molar-refractivity contribution in [2.45, 2.75) is 64.3 Å². The number of amides is 1. The molecule has 0 spiro atoms. The maximum atomic E-state index is 13.4. The van der Waals surface area contributed by atoms with Gasteiger partial charge in [-0.25, -0.2) is 4.98 Å². The predicted molar refractivity (Wildman–Crippen MR) is 124 cm³/mol. The van der Waals surface area contributed by atoms with Gasteiger partial charge in [0.05, 0.1) is 36.3 Å². The average Bonchev–Trinajstić information content (AvgIpc) is 3.33. The molecular formula is C24H31N5O2S. The second-order valence-corrected chi connectivity index (χ2v) is 9.83. The third-order valence-electron chi connectivity index (χ3n) is 6.68. The third kappa shape index (κ3) is 4.72. The molecule has 1 aliphatic heterocycles. The van der Waals surface area contributed by atoms with E-state index in [-0.39, 0.29) is 12.0 Å². The lowest BCUT2D eigenvalue weighted by Crippen LogP contribution is -2.45. The fourth-order valence-electron chi connectivity index (χ4n) is 5.01. The first kappa shape index (κ1) is 21.6. The van der Waals surface area contributed by atoms with Crippen LogP contribution in [0.1, 0.15) is 49.2 Å². The van der Waals surface area contributed by atoms with Crippen LogP contribution in [-0.2, 0) is 22.7 Å². The maximum absolute atomic E-state index is 13.4. The highest BCUT2D eigenvalue weighted by molar-refractivity contribution is 7.15. The van der Waals surface area contributed by atoms with Gasteiger partial charge in [0.1, 0.15) is 0 Å². The van der Waals surface area contributed by atoms with Crippen LogP contribution in [0.15, 0.2) is 36.0 Å². The van der Waals surface area contributed by atoms with Gasteiger partial charge in [0, 0.05) is 43.4 Å². The lowest BCUT2D eigenvalue weighted by molar-refractivity contribution is -0.135. The van der Waals surface area contributed by atoms with Crippen LogP contribution >= 0.6 is 11.3 Å². The highest BCUT2D eigenvalue weighted by atomic mass is 32.1. The summed E-state index contributed by atoms with van der Waals surface area (Å²) >= 11 is 1.64. The van der Waals surface area contributed by atoms with Gasteiger partial charge >= 0.3 is 0 Å². The first-order valence-electron chi connectivity index (χ1n) is 11.6. The quantitative estimate of drug-likeness (QED) is 0.570. The fraction of sp³-hybridized carbons (Fsp3) is 0.542. The summed E-state index contributed by atoms with van der Waals surface area (Å²) in [7, 11) is 0. The molecule has 1 aliphatic carbocycles. The zero-order chi connectivity index (χ0) is 21.9. The Morgan fingerprint density at radius 3 is 2.88 bits per heavy atom. The van der Waals surface area contributed by atoms with Gasteiger partial charge in [-0.1, -0.05) is 25.3 Å². The zero-order valence-corrected chi connectivity index (χ0v) is 19.5. The molecule has 3 aromatic rings. The monoisotopic (exact) mass is 453 g/mol. The topological polar surface area (TPSA) is 63.0 Å². The van der Waals surface area contributed by atoms with Gasteiger partial charge < -0.3 is 9.64 Å². The molecule has 0 aromatic carbocycles. The number of pyridine rings is 1. The van der Waals surface area contributed by atoms with Crippen molar-refractivity contribution < 1.29 is 9.53 Å². The van der Waals surface area contributed by atoms with E-state index in [0.29, 0.717) is 32.3 Å². The van der Waals surface area contributed by atoms with Gasteiger partial charge in [0.2, 0.25) is 5.91 Å². The smallest absolute Gasteiger partial charge is 0.237 e. The number of nitrogens with zero attached hydrogens (tertiary/aromatic N) is 5. The zero-order valence-electron chi connectivity index (χ0n) is 18.7. The number of aromatic nitrogens is 3. The second kappa shape index (κ2) is 9.68. The standard InChI is InChI=1S/C24H31N5O2S/c1-18-22(28-11-12-32-24(28)26-18)15-27-13-21(31-17-19-7-5-6-10-25-19)14-29(23(30)16-27)20-8-3-2-4-9-20/h5-7,10-12,20-21H,2-4,8-9,13-17H2,1H3. The Labute approximate surface area is 193 Å². The molecule has 1 amide bonds. The number of ether oxygens (including phenoxy) is 1. The normalized spacial score (nSPS) is 21.3. The molecule has 1 saturated heterocycles. The van der Waals surface area contributed by atoms with E-state index in [4.69, 9.17) is 4.74 Å². The lowest BCUT2D eigenvalue weighted by atomic mass is 9.94. The number of imidazole rings is 1. The molecule has 0 N–H and O–H groups in total. The van der Waals surface area contributed by atoms with Crippen molar-refractivity contribution in [3.63, 3.8) is 0 Å². The Bertz CT molecular complexity index is 1040. The molecular weight excluding hydrogens is 422 g/mol. The summed E-state index contributed by atoms with van der Waals surface area (Å²) in [6, 6.07) is 6.23. The van der Waals surface area contributed by atoms with Crippen LogP contribution in [0.2, 0.25) is 0 Å². The number of fused-ring (bicyclic) bond motifs is 1. The first-order valence-corrected chi connectivity index (χ1v) is 12.5. The van der Waals surface area contributed by atoms with E-state index in [1.54, 1.807) is 17.5 Å². The largest absolute Gasteiger partial charge is 0.369 e. The summed E-state index contributed by atoms with van der Waals surface area (Å²) in [5.41, 5.74) is 3.11. The number of rotatable bonds is 6. The molecule has 5 rings (SSSR count). The fourth-order valence-corrected chi connectivity index (χ4v) is 5.79. The van der Waals surface area contributed by atoms with E-state index >= 15 is 0 Å². The van der Waals surface area contributed by atoms with Crippen LogP contribution in [0.25, 0.3) is 4.96 Å². The first-order chi connectivity index (χ1) is 15.7. The number of carbonyl (C=O) groups is 1. The molecule has 170 valence electrons. The van der Waals surface area contributed by atoms with E-state index in [1.807, 2.05) is 18.2 Å². The summed E-state index contributed by atoms with van der Waals surface area (Å²) in [6.07, 6.45) is 9.73. The number of hydrogen-bond donors (Lipinski definition) is 0. The maximum Gasteiger partial charge on any atom is 0.237 e. The van der Waals surface area contributed by atoms with Crippen molar-refractivity contribution in [2.75, 3.05) is 19.6 Å². The van der Waals surface area contributed by atoms with Crippen LogP contribution in [0.3, 0.4) is 0 Å². The Kier molecular flexibility index (Phi) is 6.52. The molecule has 4 heterocycles. The van der Waals surface area contributed by atoms with Crippen LogP contribution in [0.4, 0.5) is 0 Å². The van der Waals surface area contributed by atoms with E-state index in [1.165, 1.54) is 19.3 Å². The minimum absolute atomic E-state index is 0.0448. The summed E-state index contributed by atoms with van der Waals surface area (Å²) in [4.78, 5) is 27.8. The summed E-state index contributed by atoms with van der Waals surface area (Å²) in [5.74, 6) is 0.226. The highest BCUT2D eigenvalue weighted by Gasteiger charge is 2.33. The molecule has 8 heteroatoms. The molecule has 1 unspecified atom stereocenters. The highest BCUT2D eigenvalue weighted by Crippen LogP contribution is 2.26. The van der Waals surface area contributed by atoms with Crippen molar-refractivity contribution in [1.29, 1.82) is 0 Å². The van der Waals surface area contributed by atoms with Crippen molar-refractivity contribution in [3.8, 4) is 0 Å². The van der Waals surface area contributed by atoms with Crippen molar-refractivity contribution >= 4 is 22.2 Å². The van der Waals surface area contributed by atoms with Crippen LogP contribution in [0.5, 0.6) is 0 Å². The van der Waals surface area contributed by atoms with E-state index in [2.05, 4.69) is 42.7 Å². The van der Waals surface area contributed by atoms with Gasteiger partial charge in [-0.15, -0.1) is 11.3 Å². The Balaban J connectivity index is 1.35. The van der Waals surface area contributed by atoms with E-state index in [0.717, 1.165) is 41.4 Å². The SMILES string of the molecule is Cc1nc2sccn2c1CN1CC(=O)N(C2CCCCC2)CC(OCc2ccccn2)C1. The molecule has 1 saturated carbocycles. The van der Waals surface area contributed by atoms with Crippen molar-refractivity contribution in [2.24, 2.45) is 0 Å². The minimum Gasteiger partial charge on any atom is -0.369 e. The molecule has 7 nitrogen and oxygen atoms in total. The average molecular weight is 454 g/mol.